The number of hydrogen-bond acceptors (Lipinski definition) is 1. The van der Waals surface area contributed by atoms with E-state index < -0.39 is 0 Å². The van der Waals surface area contributed by atoms with E-state index in [2.05, 4.69) is 37.4 Å². The predicted octanol–water partition coefficient (Wildman–Crippen LogP) is 5.43. The van der Waals surface area contributed by atoms with Crippen molar-refractivity contribution in [3.05, 3.63) is 54.0 Å². The molecule has 2 rings (SSSR count). The van der Waals surface area contributed by atoms with E-state index >= 15 is 0 Å². The van der Waals surface area contributed by atoms with Gasteiger partial charge in [0, 0.05) is 9.80 Å². The topological polar surface area (TPSA) is 0 Å². The molecule has 0 aromatic heterocycles. The Morgan fingerprint density at radius 3 is 2.29 bits per heavy atom. The molecule has 17 heavy (non-hydrogen) atoms. The third-order valence-electron chi connectivity index (χ3n) is 3.44. The Bertz CT molecular complexity index is 385. The lowest BCUT2D eigenvalue weighted by Gasteiger charge is -2.24. The molecule has 0 unspecified atom stereocenters. The molecule has 1 fully saturated rings. The minimum atomic E-state index is 0.674. The largest absolute Gasteiger partial charge is 0.0944 e. The van der Waals surface area contributed by atoms with Crippen molar-refractivity contribution in [1.82, 2.24) is 0 Å². The van der Waals surface area contributed by atoms with Crippen molar-refractivity contribution in [1.29, 1.82) is 0 Å². The van der Waals surface area contributed by atoms with E-state index in [1.165, 1.54) is 42.6 Å². The fraction of sp³-hybridized carbons (Fsp3) is 0.375. The van der Waals surface area contributed by atoms with Crippen LogP contribution in [0, 0.1) is 5.92 Å². The van der Waals surface area contributed by atoms with E-state index in [1.54, 1.807) is 11.8 Å². The molecule has 1 aromatic rings. The Hall–Kier alpha value is -0.950. The van der Waals surface area contributed by atoms with Gasteiger partial charge in [0.15, 0.2) is 0 Å². The van der Waals surface area contributed by atoms with Crippen LogP contribution >= 0.6 is 11.8 Å². The van der Waals surface area contributed by atoms with Crippen LogP contribution < -0.4 is 0 Å². The van der Waals surface area contributed by atoms with Crippen LogP contribution in [0.2, 0.25) is 0 Å². The second kappa shape index (κ2) is 6.11. The molecular formula is C16H20S. The maximum Gasteiger partial charge on any atom is 0.0122 e. The van der Waals surface area contributed by atoms with Crippen LogP contribution in [0.3, 0.4) is 0 Å². The first-order chi connectivity index (χ1) is 8.27. The van der Waals surface area contributed by atoms with Crippen molar-refractivity contribution in [2.75, 3.05) is 0 Å². The van der Waals surface area contributed by atoms with Crippen LogP contribution in [0.4, 0.5) is 0 Å². The third kappa shape index (κ3) is 3.50. The maximum atomic E-state index is 4.25. The molecular weight excluding hydrogens is 224 g/mol. The summed E-state index contributed by atoms with van der Waals surface area (Å²) in [7, 11) is 0. The molecule has 0 atom stereocenters. The number of hydrogen-bond donors (Lipinski definition) is 0. The van der Waals surface area contributed by atoms with Crippen molar-refractivity contribution in [2.24, 2.45) is 5.92 Å². The van der Waals surface area contributed by atoms with E-state index in [9.17, 15) is 0 Å². The number of allylic oxidation sites excluding steroid dienone is 1. The highest BCUT2D eigenvalue weighted by molar-refractivity contribution is 8.03. The van der Waals surface area contributed by atoms with Crippen molar-refractivity contribution in [3.8, 4) is 0 Å². The average molecular weight is 244 g/mol. The van der Waals surface area contributed by atoms with Crippen molar-refractivity contribution in [2.45, 2.75) is 37.0 Å². The summed E-state index contributed by atoms with van der Waals surface area (Å²) in [6.45, 7) is 8.44. The molecule has 0 radical (unpaired) electrons. The highest BCUT2D eigenvalue weighted by Gasteiger charge is 2.18. The lowest BCUT2D eigenvalue weighted by Crippen LogP contribution is -2.08. The van der Waals surface area contributed by atoms with Gasteiger partial charge in [-0.25, -0.2) is 0 Å². The van der Waals surface area contributed by atoms with Crippen LogP contribution in [-0.4, -0.2) is 0 Å². The van der Waals surface area contributed by atoms with E-state index in [0.29, 0.717) is 5.92 Å². The van der Waals surface area contributed by atoms with Gasteiger partial charge in [-0.2, -0.15) is 0 Å². The standard InChI is InChI=1S/C16H20S/c1-13(15-9-5-3-6-10-15)14(2)17-16-11-7-4-8-12-16/h4,7-8,11-12,15H,1-3,5-6,9-10H2. The fourth-order valence-electron chi connectivity index (χ4n) is 2.38. The Balaban J connectivity index is 1.93. The smallest absolute Gasteiger partial charge is 0.0122 e. The lowest BCUT2D eigenvalue weighted by atomic mass is 9.84. The lowest BCUT2D eigenvalue weighted by molar-refractivity contribution is 0.408. The van der Waals surface area contributed by atoms with Crippen molar-refractivity contribution < 1.29 is 0 Å². The summed E-state index contributed by atoms with van der Waals surface area (Å²) in [5, 5.41) is 0. The molecule has 0 aliphatic heterocycles. The molecule has 0 bridgehead atoms. The molecule has 1 aliphatic carbocycles. The fourth-order valence-corrected chi connectivity index (χ4v) is 3.25. The zero-order chi connectivity index (χ0) is 12.1. The molecule has 1 aliphatic rings. The normalized spacial score (nSPS) is 16.7. The first-order valence-corrected chi connectivity index (χ1v) is 7.20. The first-order valence-electron chi connectivity index (χ1n) is 6.38. The Kier molecular flexibility index (Phi) is 4.49. The van der Waals surface area contributed by atoms with Gasteiger partial charge in [0.05, 0.1) is 0 Å². The second-order valence-corrected chi connectivity index (χ2v) is 5.87. The van der Waals surface area contributed by atoms with Crippen LogP contribution in [0.15, 0.2) is 58.9 Å². The Labute approximate surface area is 109 Å². The average Bonchev–Trinajstić information content (AvgIpc) is 2.40. The summed E-state index contributed by atoms with van der Waals surface area (Å²) < 4.78 is 0. The van der Waals surface area contributed by atoms with Gasteiger partial charge in [-0.05, 0) is 36.5 Å². The number of thioether (sulfide) groups is 1. The summed E-state index contributed by atoms with van der Waals surface area (Å²) >= 11 is 1.75. The van der Waals surface area contributed by atoms with Gasteiger partial charge < -0.3 is 0 Å². The van der Waals surface area contributed by atoms with Crippen LogP contribution in [0.1, 0.15) is 32.1 Å². The molecule has 1 heteroatoms. The van der Waals surface area contributed by atoms with Crippen LogP contribution in [-0.2, 0) is 0 Å². The van der Waals surface area contributed by atoms with Gasteiger partial charge in [-0.1, -0.05) is 62.4 Å². The molecule has 0 N–H and O–H groups in total. The highest BCUT2D eigenvalue weighted by Crippen LogP contribution is 2.38. The maximum absolute atomic E-state index is 4.25. The highest BCUT2D eigenvalue weighted by atomic mass is 32.2. The molecule has 0 spiro atoms. The monoisotopic (exact) mass is 244 g/mol. The summed E-state index contributed by atoms with van der Waals surface area (Å²) in [6, 6.07) is 10.4. The zero-order valence-corrected chi connectivity index (χ0v) is 11.1. The van der Waals surface area contributed by atoms with E-state index in [1.807, 2.05) is 6.07 Å². The van der Waals surface area contributed by atoms with Crippen molar-refractivity contribution in [3.63, 3.8) is 0 Å². The molecule has 0 heterocycles. The van der Waals surface area contributed by atoms with Gasteiger partial charge in [-0.15, -0.1) is 0 Å². The van der Waals surface area contributed by atoms with Gasteiger partial charge in [0.1, 0.15) is 0 Å². The first kappa shape index (κ1) is 12.5. The van der Waals surface area contributed by atoms with Gasteiger partial charge in [-0.3, -0.25) is 0 Å². The summed E-state index contributed by atoms with van der Waals surface area (Å²) in [4.78, 5) is 2.40. The van der Waals surface area contributed by atoms with Crippen molar-refractivity contribution >= 4 is 11.8 Å². The number of rotatable bonds is 4. The third-order valence-corrected chi connectivity index (χ3v) is 4.46. The van der Waals surface area contributed by atoms with Gasteiger partial charge in [0.25, 0.3) is 0 Å². The molecule has 1 saturated carbocycles. The van der Waals surface area contributed by atoms with E-state index in [4.69, 9.17) is 0 Å². The second-order valence-electron chi connectivity index (χ2n) is 4.70. The van der Waals surface area contributed by atoms with Crippen LogP contribution in [0.5, 0.6) is 0 Å². The minimum absolute atomic E-state index is 0.674. The Morgan fingerprint density at radius 1 is 1.00 bits per heavy atom. The summed E-state index contributed by atoms with van der Waals surface area (Å²) in [5.41, 5.74) is 1.26. The minimum Gasteiger partial charge on any atom is -0.0944 e. The molecule has 90 valence electrons. The SMILES string of the molecule is C=C(Sc1ccccc1)C(=C)C1CCCCC1. The molecule has 0 amide bonds. The molecule has 0 nitrogen and oxygen atoms in total. The summed E-state index contributed by atoms with van der Waals surface area (Å²) in [5.74, 6) is 0.674. The number of benzene rings is 1. The van der Waals surface area contributed by atoms with Crippen LogP contribution in [0.25, 0.3) is 0 Å². The molecule has 1 aromatic carbocycles. The quantitative estimate of drug-likeness (QED) is 0.503. The Morgan fingerprint density at radius 2 is 1.65 bits per heavy atom. The van der Waals surface area contributed by atoms with Gasteiger partial charge >= 0.3 is 0 Å². The molecule has 0 saturated heterocycles. The predicted molar refractivity (Wildman–Crippen MR) is 77.2 cm³/mol. The van der Waals surface area contributed by atoms with E-state index in [-0.39, 0.29) is 0 Å². The summed E-state index contributed by atoms with van der Waals surface area (Å²) in [6.07, 6.45) is 6.70. The van der Waals surface area contributed by atoms with E-state index in [0.717, 1.165) is 4.91 Å². The zero-order valence-electron chi connectivity index (χ0n) is 10.3. The van der Waals surface area contributed by atoms with Gasteiger partial charge in [0.2, 0.25) is 0 Å².